The second kappa shape index (κ2) is 5.03. The Bertz CT molecular complexity index is 288. The first-order valence-electron chi connectivity index (χ1n) is 4.76. The van der Waals surface area contributed by atoms with Crippen LogP contribution in [0.3, 0.4) is 0 Å². The fourth-order valence-corrected chi connectivity index (χ4v) is 1.10. The fraction of sp³-hybridized carbons (Fsp3) is 0.400. The minimum absolute atomic E-state index is 0.0786. The van der Waals surface area contributed by atoms with Crippen molar-refractivity contribution in [2.24, 2.45) is 0 Å². The normalized spacial score (nSPS) is 12.3. The van der Waals surface area contributed by atoms with Crippen molar-refractivity contribution >= 4 is 12.6 Å². The maximum atomic E-state index is 9.07. The Kier molecular flexibility index (Phi) is 3.98. The highest BCUT2D eigenvalue weighted by Crippen LogP contribution is 2.10. The standard InChI is InChI=1S/C10H15BO3/c1-3-8(2)14-10-7-5-4-6-9(10)11(12)13/h4-8,12-13H,3H2,1-2H3/t8-/m1/s1. The summed E-state index contributed by atoms with van der Waals surface area (Å²) in [4.78, 5) is 0. The molecule has 1 aromatic rings. The summed E-state index contributed by atoms with van der Waals surface area (Å²) in [6, 6.07) is 6.94. The second-order valence-electron chi connectivity index (χ2n) is 3.25. The highest BCUT2D eigenvalue weighted by atomic mass is 16.5. The molecule has 1 aromatic carbocycles. The summed E-state index contributed by atoms with van der Waals surface area (Å²) < 4.78 is 5.54. The summed E-state index contributed by atoms with van der Waals surface area (Å²) >= 11 is 0. The van der Waals surface area contributed by atoms with E-state index >= 15 is 0 Å². The first-order chi connectivity index (χ1) is 6.65. The van der Waals surface area contributed by atoms with Gasteiger partial charge in [-0.1, -0.05) is 25.1 Å². The lowest BCUT2D eigenvalue weighted by atomic mass is 9.79. The van der Waals surface area contributed by atoms with E-state index < -0.39 is 7.12 Å². The van der Waals surface area contributed by atoms with Gasteiger partial charge in [0.25, 0.3) is 0 Å². The molecule has 1 atom stereocenters. The van der Waals surface area contributed by atoms with E-state index in [1.54, 1.807) is 18.2 Å². The van der Waals surface area contributed by atoms with Gasteiger partial charge >= 0.3 is 7.12 Å². The smallest absolute Gasteiger partial charge is 0.491 e. The van der Waals surface area contributed by atoms with Crippen LogP contribution in [0.1, 0.15) is 20.3 Å². The summed E-state index contributed by atoms with van der Waals surface area (Å²) in [5.74, 6) is 0.539. The second-order valence-corrected chi connectivity index (χ2v) is 3.25. The molecule has 0 saturated heterocycles. The van der Waals surface area contributed by atoms with Gasteiger partial charge in [-0.3, -0.25) is 0 Å². The van der Waals surface area contributed by atoms with Gasteiger partial charge in [-0.2, -0.15) is 0 Å². The van der Waals surface area contributed by atoms with Crippen LogP contribution < -0.4 is 10.2 Å². The van der Waals surface area contributed by atoms with E-state index in [1.807, 2.05) is 19.9 Å². The molecule has 0 bridgehead atoms. The topological polar surface area (TPSA) is 49.7 Å². The predicted octanol–water partition coefficient (Wildman–Crippen LogP) is 0.544. The molecule has 0 aliphatic rings. The Labute approximate surface area is 84.5 Å². The number of ether oxygens (including phenoxy) is 1. The van der Waals surface area contributed by atoms with Crippen LogP contribution in [0.5, 0.6) is 5.75 Å². The van der Waals surface area contributed by atoms with Crippen molar-refractivity contribution in [2.75, 3.05) is 0 Å². The quantitative estimate of drug-likeness (QED) is 0.688. The fourth-order valence-electron chi connectivity index (χ4n) is 1.10. The summed E-state index contributed by atoms with van der Waals surface area (Å²) in [6.45, 7) is 3.96. The van der Waals surface area contributed by atoms with Gasteiger partial charge in [0.05, 0.1) is 6.10 Å². The third-order valence-corrected chi connectivity index (χ3v) is 2.10. The summed E-state index contributed by atoms with van der Waals surface area (Å²) in [5.41, 5.74) is 0.410. The van der Waals surface area contributed by atoms with Crippen LogP contribution in [-0.2, 0) is 0 Å². The van der Waals surface area contributed by atoms with E-state index in [-0.39, 0.29) is 6.10 Å². The van der Waals surface area contributed by atoms with Gasteiger partial charge in [-0.15, -0.1) is 0 Å². The number of hydrogen-bond donors (Lipinski definition) is 2. The molecule has 2 N–H and O–H groups in total. The lowest BCUT2D eigenvalue weighted by molar-refractivity contribution is 0.218. The molecule has 0 aliphatic heterocycles. The average molecular weight is 194 g/mol. The molecule has 0 saturated carbocycles. The van der Waals surface area contributed by atoms with Crippen molar-refractivity contribution < 1.29 is 14.8 Å². The molecule has 0 fully saturated rings. The van der Waals surface area contributed by atoms with Crippen LogP contribution in [0, 0.1) is 0 Å². The van der Waals surface area contributed by atoms with Crippen LogP contribution in [0.2, 0.25) is 0 Å². The van der Waals surface area contributed by atoms with Crippen LogP contribution in [-0.4, -0.2) is 23.3 Å². The first kappa shape index (κ1) is 11.1. The van der Waals surface area contributed by atoms with Crippen LogP contribution in [0.4, 0.5) is 0 Å². The predicted molar refractivity (Wildman–Crippen MR) is 56.6 cm³/mol. The Morgan fingerprint density at radius 3 is 2.57 bits per heavy atom. The number of rotatable bonds is 4. The zero-order valence-corrected chi connectivity index (χ0v) is 8.47. The Hall–Kier alpha value is -0.995. The Balaban J connectivity index is 2.84. The van der Waals surface area contributed by atoms with Gasteiger partial charge in [0.15, 0.2) is 0 Å². The lowest BCUT2D eigenvalue weighted by Crippen LogP contribution is -2.32. The molecule has 76 valence electrons. The van der Waals surface area contributed by atoms with Crippen molar-refractivity contribution in [3.05, 3.63) is 24.3 Å². The third kappa shape index (κ3) is 2.75. The molecule has 0 spiro atoms. The van der Waals surface area contributed by atoms with Gasteiger partial charge in [0, 0.05) is 5.46 Å². The molecule has 3 nitrogen and oxygen atoms in total. The van der Waals surface area contributed by atoms with E-state index in [2.05, 4.69) is 0 Å². The molecule has 0 heterocycles. The number of hydrogen-bond acceptors (Lipinski definition) is 3. The van der Waals surface area contributed by atoms with Gasteiger partial charge in [0.2, 0.25) is 0 Å². The SMILES string of the molecule is CC[C@@H](C)Oc1ccccc1B(O)O. The molecule has 1 rings (SSSR count). The van der Waals surface area contributed by atoms with Crippen LogP contribution in [0.25, 0.3) is 0 Å². The third-order valence-electron chi connectivity index (χ3n) is 2.10. The van der Waals surface area contributed by atoms with E-state index in [1.165, 1.54) is 0 Å². The number of benzene rings is 1. The van der Waals surface area contributed by atoms with Gasteiger partial charge in [-0.25, -0.2) is 0 Å². The minimum atomic E-state index is -1.48. The Morgan fingerprint density at radius 1 is 1.36 bits per heavy atom. The summed E-state index contributed by atoms with van der Waals surface area (Å²) in [7, 11) is -1.48. The van der Waals surface area contributed by atoms with Crippen molar-refractivity contribution in [3.8, 4) is 5.75 Å². The van der Waals surface area contributed by atoms with Gasteiger partial charge in [0.1, 0.15) is 5.75 Å². The van der Waals surface area contributed by atoms with E-state index in [4.69, 9.17) is 14.8 Å². The minimum Gasteiger partial charge on any atom is -0.491 e. The molecule has 0 aromatic heterocycles. The van der Waals surface area contributed by atoms with Crippen LogP contribution in [0.15, 0.2) is 24.3 Å². The molecular weight excluding hydrogens is 179 g/mol. The van der Waals surface area contributed by atoms with Gasteiger partial charge in [-0.05, 0) is 19.4 Å². The number of para-hydroxylation sites is 1. The van der Waals surface area contributed by atoms with E-state index in [0.29, 0.717) is 11.2 Å². The largest absolute Gasteiger partial charge is 0.492 e. The zero-order valence-electron chi connectivity index (χ0n) is 8.47. The maximum absolute atomic E-state index is 9.07. The zero-order chi connectivity index (χ0) is 10.6. The molecule has 4 heteroatoms. The maximum Gasteiger partial charge on any atom is 0.492 e. The van der Waals surface area contributed by atoms with Crippen molar-refractivity contribution in [1.82, 2.24) is 0 Å². The summed E-state index contributed by atoms with van der Waals surface area (Å²) in [6.07, 6.45) is 0.963. The average Bonchev–Trinajstić information content (AvgIpc) is 2.18. The molecule has 0 radical (unpaired) electrons. The molecule has 0 unspecified atom stereocenters. The van der Waals surface area contributed by atoms with Crippen molar-refractivity contribution in [2.45, 2.75) is 26.4 Å². The highest BCUT2D eigenvalue weighted by molar-refractivity contribution is 6.59. The molecule has 0 aliphatic carbocycles. The monoisotopic (exact) mass is 194 g/mol. The first-order valence-corrected chi connectivity index (χ1v) is 4.76. The van der Waals surface area contributed by atoms with Crippen molar-refractivity contribution in [3.63, 3.8) is 0 Å². The van der Waals surface area contributed by atoms with E-state index in [0.717, 1.165) is 6.42 Å². The molecule has 14 heavy (non-hydrogen) atoms. The summed E-state index contributed by atoms with van der Waals surface area (Å²) in [5, 5.41) is 18.1. The molecular formula is C10H15BO3. The lowest BCUT2D eigenvalue weighted by Gasteiger charge is -2.15. The van der Waals surface area contributed by atoms with Crippen LogP contribution >= 0.6 is 0 Å². The Morgan fingerprint density at radius 2 is 2.00 bits per heavy atom. The van der Waals surface area contributed by atoms with Gasteiger partial charge < -0.3 is 14.8 Å². The molecule has 0 amide bonds. The van der Waals surface area contributed by atoms with Crippen molar-refractivity contribution in [1.29, 1.82) is 0 Å². The van der Waals surface area contributed by atoms with E-state index in [9.17, 15) is 0 Å². The highest BCUT2D eigenvalue weighted by Gasteiger charge is 2.17.